The van der Waals surface area contributed by atoms with Gasteiger partial charge in [0.15, 0.2) is 0 Å². The van der Waals surface area contributed by atoms with Crippen molar-refractivity contribution in [3.05, 3.63) is 59.3 Å². The molecule has 0 spiro atoms. The minimum absolute atomic E-state index is 0. The molecule has 3 nitrogen and oxygen atoms in total. The van der Waals surface area contributed by atoms with Gasteiger partial charge in [0.1, 0.15) is 6.09 Å². The summed E-state index contributed by atoms with van der Waals surface area (Å²) in [6.45, 7) is 0. The topological polar surface area (TPSA) is 43.4 Å². The summed E-state index contributed by atoms with van der Waals surface area (Å²) in [5, 5.41) is 11.4. The summed E-state index contributed by atoms with van der Waals surface area (Å²) >= 11 is 6.03. The second-order valence-electron chi connectivity index (χ2n) is 3.38. The number of nitrogens with zero attached hydrogens (tertiary/aromatic N) is 1. The van der Waals surface area contributed by atoms with Gasteiger partial charge in [-0.1, -0.05) is 41.9 Å². The Labute approximate surface area is 127 Å². The van der Waals surface area contributed by atoms with Crippen molar-refractivity contribution in [1.82, 2.24) is 4.90 Å². The van der Waals surface area contributed by atoms with Crippen LogP contribution in [0.1, 0.15) is 11.6 Å². The van der Waals surface area contributed by atoms with E-state index in [1.54, 1.807) is 12.2 Å². The van der Waals surface area contributed by atoms with Gasteiger partial charge in [-0.2, -0.15) is 0 Å². The van der Waals surface area contributed by atoms with E-state index in [1.807, 2.05) is 30.3 Å². The molecule has 1 aromatic carbocycles. The molecule has 1 atom stereocenters. The smallest absolute Gasteiger partial charge is 0.530 e. The molecule has 0 fully saturated rings. The van der Waals surface area contributed by atoms with Gasteiger partial charge in [-0.25, -0.2) is 0 Å². The molecule has 0 bridgehead atoms. The first-order chi connectivity index (χ1) is 7.70. The maximum Gasteiger partial charge on any atom is 1.00 e. The number of halogens is 1. The normalized spacial score (nSPS) is 18.3. The monoisotopic (exact) mass is 257 g/mol. The third-order valence-corrected chi connectivity index (χ3v) is 2.70. The van der Waals surface area contributed by atoms with E-state index in [2.05, 4.69) is 0 Å². The minimum Gasteiger partial charge on any atom is -0.530 e. The van der Waals surface area contributed by atoms with Crippen LogP contribution in [-0.2, 0) is 0 Å². The number of carboxylic acid groups (broad SMARTS) is 1. The Morgan fingerprint density at radius 3 is 2.53 bits per heavy atom. The molecule has 0 saturated heterocycles. The molecule has 5 heteroatoms. The second kappa shape index (κ2) is 6.26. The standard InChI is InChI=1S/C12H10ClNO2.Na/c13-10-7-4-8-14(12(15)16)11(10)9-5-2-1-3-6-9;/h1-8,11H,(H,15,16);/q;+1/p-1. The SMILES string of the molecule is O=C([O-])N1C=CC=C(Cl)C1c1ccccc1.[Na+]. The van der Waals surface area contributed by atoms with Crippen molar-refractivity contribution in [1.29, 1.82) is 0 Å². The summed E-state index contributed by atoms with van der Waals surface area (Å²) in [6, 6.07) is 8.70. The Kier molecular flexibility index (Phi) is 5.28. The Morgan fingerprint density at radius 1 is 1.29 bits per heavy atom. The molecular weight excluding hydrogens is 249 g/mol. The van der Waals surface area contributed by atoms with Gasteiger partial charge in [0, 0.05) is 11.2 Å². The summed E-state index contributed by atoms with van der Waals surface area (Å²) < 4.78 is 0. The minimum atomic E-state index is -1.27. The zero-order valence-electron chi connectivity index (χ0n) is 9.34. The molecule has 0 aromatic heterocycles. The third kappa shape index (κ3) is 3.13. The van der Waals surface area contributed by atoms with E-state index in [-0.39, 0.29) is 29.6 Å². The van der Waals surface area contributed by atoms with Crippen LogP contribution in [0.15, 0.2) is 53.7 Å². The van der Waals surface area contributed by atoms with Gasteiger partial charge in [-0.15, -0.1) is 0 Å². The number of hydrogen-bond donors (Lipinski definition) is 0. The van der Waals surface area contributed by atoms with Crippen LogP contribution in [0.25, 0.3) is 0 Å². The van der Waals surface area contributed by atoms with Crippen LogP contribution in [0, 0.1) is 0 Å². The van der Waals surface area contributed by atoms with E-state index in [4.69, 9.17) is 11.6 Å². The first-order valence-corrected chi connectivity index (χ1v) is 5.16. The molecule has 0 aliphatic carbocycles. The fourth-order valence-corrected chi connectivity index (χ4v) is 1.96. The van der Waals surface area contributed by atoms with Crippen molar-refractivity contribution in [3.63, 3.8) is 0 Å². The van der Waals surface area contributed by atoms with Crippen molar-refractivity contribution in [3.8, 4) is 0 Å². The molecule has 17 heavy (non-hydrogen) atoms. The fraction of sp³-hybridized carbons (Fsp3) is 0.0833. The van der Waals surface area contributed by atoms with Crippen LogP contribution in [0.5, 0.6) is 0 Å². The quantitative estimate of drug-likeness (QED) is 0.608. The molecule has 82 valence electrons. The van der Waals surface area contributed by atoms with Crippen molar-refractivity contribution in [2.45, 2.75) is 6.04 Å². The first kappa shape index (κ1) is 14.3. The van der Waals surface area contributed by atoms with Gasteiger partial charge in [0.25, 0.3) is 0 Å². The predicted molar refractivity (Wildman–Crippen MR) is 59.5 cm³/mol. The molecule has 0 saturated carbocycles. The summed E-state index contributed by atoms with van der Waals surface area (Å²) in [7, 11) is 0. The van der Waals surface area contributed by atoms with E-state index < -0.39 is 12.1 Å². The van der Waals surface area contributed by atoms with E-state index in [0.29, 0.717) is 5.03 Å². The number of benzene rings is 1. The average Bonchev–Trinajstić information content (AvgIpc) is 2.29. The zero-order chi connectivity index (χ0) is 11.5. The number of carbonyl (C=O) groups excluding carboxylic acids is 1. The van der Waals surface area contributed by atoms with Crippen molar-refractivity contribution in [2.24, 2.45) is 0 Å². The Morgan fingerprint density at radius 2 is 1.94 bits per heavy atom. The Balaban J connectivity index is 0.00000144. The van der Waals surface area contributed by atoms with Gasteiger partial charge < -0.3 is 14.8 Å². The van der Waals surface area contributed by atoms with E-state index in [1.165, 1.54) is 6.20 Å². The predicted octanol–water partition coefficient (Wildman–Crippen LogP) is -0.973. The van der Waals surface area contributed by atoms with Gasteiger partial charge in [-0.3, -0.25) is 0 Å². The molecule has 0 radical (unpaired) electrons. The van der Waals surface area contributed by atoms with Crippen LogP contribution >= 0.6 is 11.6 Å². The molecule has 0 N–H and O–H groups in total. The number of amides is 1. The average molecular weight is 258 g/mol. The molecule has 1 unspecified atom stereocenters. The van der Waals surface area contributed by atoms with Crippen LogP contribution in [0.2, 0.25) is 0 Å². The Bertz CT molecular complexity index is 459. The molecule has 1 aliphatic heterocycles. The molecule has 1 amide bonds. The van der Waals surface area contributed by atoms with Crippen LogP contribution in [0.4, 0.5) is 4.79 Å². The molecule has 1 heterocycles. The van der Waals surface area contributed by atoms with E-state index >= 15 is 0 Å². The molecular formula is C12H9ClNNaO2. The van der Waals surface area contributed by atoms with Gasteiger partial charge in [0.2, 0.25) is 0 Å². The summed E-state index contributed by atoms with van der Waals surface area (Å²) in [6.07, 6.45) is 3.44. The van der Waals surface area contributed by atoms with Crippen LogP contribution in [-0.4, -0.2) is 11.0 Å². The maximum absolute atomic E-state index is 11.0. The molecule has 1 aliphatic rings. The second-order valence-corrected chi connectivity index (χ2v) is 3.82. The van der Waals surface area contributed by atoms with Crippen molar-refractivity contribution in [2.75, 3.05) is 0 Å². The number of hydrogen-bond acceptors (Lipinski definition) is 2. The molecule has 2 rings (SSSR count). The number of carbonyl (C=O) groups is 1. The molecule has 1 aromatic rings. The van der Waals surface area contributed by atoms with Crippen molar-refractivity contribution < 1.29 is 39.5 Å². The Hall–Kier alpha value is -0.740. The van der Waals surface area contributed by atoms with Gasteiger partial charge in [0.05, 0.1) is 6.04 Å². The van der Waals surface area contributed by atoms with E-state index in [0.717, 1.165) is 10.5 Å². The summed E-state index contributed by atoms with van der Waals surface area (Å²) in [4.78, 5) is 12.0. The van der Waals surface area contributed by atoms with Gasteiger partial charge in [-0.05, 0) is 17.7 Å². The fourth-order valence-electron chi connectivity index (χ4n) is 1.66. The first-order valence-electron chi connectivity index (χ1n) is 4.78. The summed E-state index contributed by atoms with van der Waals surface area (Å²) in [5.41, 5.74) is 0.817. The van der Waals surface area contributed by atoms with Crippen LogP contribution in [0.3, 0.4) is 0 Å². The van der Waals surface area contributed by atoms with Crippen molar-refractivity contribution >= 4 is 17.7 Å². The number of allylic oxidation sites excluding steroid dienone is 2. The van der Waals surface area contributed by atoms with E-state index in [9.17, 15) is 9.90 Å². The third-order valence-electron chi connectivity index (χ3n) is 2.37. The maximum atomic E-state index is 11.0. The largest absolute Gasteiger partial charge is 1.00 e. The number of rotatable bonds is 1. The van der Waals surface area contributed by atoms with Gasteiger partial charge >= 0.3 is 29.6 Å². The summed E-state index contributed by atoms with van der Waals surface area (Å²) in [5.74, 6) is 0. The van der Waals surface area contributed by atoms with Crippen LogP contribution < -0.4 is 34.7 Å². The zero-order valence-corrected chi connectivity index (χ0v) is 12.1.